The number of nitrogens with one attached hydrogen (secondary N) is 1. The number of phenols is 2. The van der Waals surface area contributed by atoms with Crippen LogP contribution >= 0.6 is 0 Å². The van der Waals surface area contributed by atoms with E-state index in [1.54, 1.807) is 0 Å². The van der Waals surface area contributed by atoms with Gasteiger partial charge in [0.1, 0.15) is 48.0 Å². The lowest BCUT2D eigenvalue weighted by atomic mass is 9.72. The van der Waals surface area contributed by atoms with E-state index in [-0.39, 0.29) is 53.2 Å². The number of carbonyl (C=O) groups excluding carboxylic acids is 7. The van der Waals surface area contributed by atoms with E-state index in [1.807, 2.05) is 0 Å². The molecule has 0 saturated carbocycles. The third-order valence-corrected chi connectivity index (χ3v) is 12.6. The van der Waals surface area contributed by atoms with Gasteiger partial charge in [0, 0.05) is 108 Å². The number of carbonyl (C=O) groups is 7. The Morgan fingerprint density at radius 2 is 0.837 bits per heavy atom. The van der Waals surface area contributed by atoms with Gasteiger partial charge in [-0.05, 0) is 106 Å². The van der Waals surface area contributed by atoms with E-state index in [0.717, 1.165) is 24.2 Å². The summed E-state index contributed by atoms with van der Waals surface area (Å²) in [6.07, 6.45) is -5.68. The van der Waals surface area contributed by atoms with Gasteiger partial charge in [-0.1, -0.05) is 25.5 Å². The molecular weight excluding hydrogens is 1790 g/mol. The number of unbranched alkanes of at least 4 members (excludes halogenated alkanes) is 2. The van der Waals surface area contributed by atoms with Crippen molar-refractivity contribution in [3.05, 3.63) is 380 Å². The maximum Gasteiger partial charge on any atom is 0.407 e. The van der Waals surface area contributed by atoms with Crippen molar-refractivity contribution in [2.75, 3.05) is 40.6 Å². The standard InChI is InChI=1S/C44H52N2O41.24C2H4/c1-22-37(52)26(15-32(63-22)64-28-18-44(58,29(49)19-47)17-25-34(28)41(56)36-35(39(25)54)38(53)24-10-8-11-27(59-3)33(24)40(36)55)45-42(57)61-20-43(2,16-23(48)9-6-5-7-14-46-30(50)12-13-31(46)51)21-62-66-68-70-72-74-76-78-80-82-84-86-87-85-83-81-79-77-75-73-71-69-67-65-60-4;24*1-2/h8,10-13,22,26,28,32,37,47,52,54,56,58H,5-7,9,14-21H2,1-4H3,(H,45,57);24*1-2H2/t22-,26-,28-,32-,37+,43?,44-;;;;;;;;;;;;;;;;;;;;;;;;/m1......................../s1. The summed E-state index contributed by atoms with van der Waals surface area (Å²) in [5, 5.41) is 144. The highest BCUT2D eigenvalue weighted by Crippen LogP contribution is 2.53. The molecule has 0 aromatic heterocycles. The molecule has 6 N–H and O–H groups in total. The number of amides is 3. The van der Waals surface area contributed by atoms with E-state index in [4.69, 9.17) is 23.8 Å². The van der Waals surface area contributed by atoms with E-state index < -0.39 is 139 Å². The van der Waals surface area contributed by atoms with Crippen molar-refractivity contribution in [2.24, 2.45) is 5.41 Å². The number of imide groups is 1. The minimum atomic E-state index is -2.48. The molecule has 0 spiro atoms. The molecule has 1 fully saturated rings. The Kier molecular flexibility index (Phi) is 174. The first-order chi connectivity index (χ1) is 65.9. The normalized spacial score (nSPS) is 14.5. The van der Waals surface area contributed by atoms with Crippen molar-refractivity contribution in [2.45, 2.75) is 101 Å². The number of phenolic OH excluding ortho intramolecular Hbond substituents is 2. The average Bonchev–Trinajstić information content (AvgIpc) is 0.792. The van der Waals surface area contributed by atoms with E-state index in [2.05, 4.69) is 442 Å². The maximum absolute atomic E-state index is 14.1. The first kappa shape index (κ1) is 169. The Bertz CT molecular complexity index is 3020. The number of ketones is 4. The van der Waals surface area contributed by atoms with Crippen molar-refractivity contribution >= 4 is 41.0 Å². The van der Waals surface area contributed by atoms with Crippen molar-refractivity contribution in [3.8, 4) is 17.2 Å². The second-order valence-corrected chi connectivity index (χ2v) is 18.3. The third kappa shape index (κ3) is 77.4. The van der Waals surface area contributed by atoms with Gasteiger partial charge in [0.25, 0.3) is 11.8 Å². The first-order valence-corrected chi connectivity index (χ1v) is 36.6. The van der Waals surface area contributed by atoms with Crippen LogP contribution in [-0.2, 0) is 165 Å². The molecule has 772 valence electrons. The molecule has 1 saturated heterocycles. The summed E-state index contributed by atoms with van der Waals surface area (Å²) in [4.78, 5) is 102. The lowest BCUT2D eigenvalue weighted by molar-refractivity contribution is -0.900. The molecule has 135 heavy (non-hydrogen) atoms. The van der Waals surface area contributed by atoms with Crippen molar-refractivity contribution in [1.82, 2.24) is 10.2 Å². The van der Waals surface area contributed by atoms with Crippen molar-refractivity contribution in [1.29, 1.82) is 0 Å². The molecule has 0 radical (unpaired) electrons. The monoisotopic (exact) mass is 1940 g/mol. The first-order valence-electron chi connectivity index (χ1n) is 36.6. The smallest absolute Gasteiger partial charge is 0.407 e. The van der Waals surface area contributed by atoms with E-state index >= 15 is 0 Å². The molecule has 6 rings (SSSR count). The highest BCUT2D eigenvalue weighted by molar-refractivity contribution is 6.31. The predicted octanol–water partition coefficient (Wildman–Crippen LogP) is 19.5. The van der Waals surface area contributed by atoms with Gasteiger partial charge >= 0.3 is 6.09 Å². The number of alkyl carbamates (subject to hydrolysis) is 1. The fourth-order valence-electron chi connectivity index (χ4n) is 8.87. The number of aromatic hydroxyl groups is 2. The molecule has 2 aliphatic heterocycles. The van der Waals surface area contributed by atoms with Crippen LogP contribution in [0.3, 0.4) is 0 Å². The van der Waals surface area contributed by atoms with Gasteiger partial charge in [-0.15, -0.1) is 316 Å². The summed E-state index contributed by atoms with van der Waals surface area (Å²) < 4.78 is 22.9. The minimum Gasteiger partial charge on any atom is -0.507 e. The third-order valence-electron chi connectivity index (χ3n) is 12.6. The molecule has 0 bridgehead atoms. The van der Waals surface area contributed by atoms with Crippen LogP contribution in [0.5, 0.6) is 17.2 Å². The number of ether oxygens (including phenoxy) is 4. The molecule has 3 amide bonds. The van der Waals surface area contributed by atoms with Crippen LogP contribution < -0.4 is 10.1 Å². The Morgan fingerprint density at radius 3 is 1.19 bits per heavy atom. The number of hydrogen-bond acceptors (Lipinski definition) is 41. The minimum absolute atomic E-state index is 0.0163. The lowest BCUT2D eigenvalue weighted by Gasteiger charge is -2.42. The Morgan fingerprint density at radius 1 is 0.481 bits per heavy atom. The van der Waals surface area contributed by atoms with Crippen LogP contribution in [0.25, 0.3) is 0 Å². The van der Waals surface area contributed by atoms with E-state index in [1.165, 1.54) is 39.2 Å². The number of aliphatic hydroxyl groups is 3. The van der Waals surface area contributed by atoms with E-state index in [0.29, 0.717) is 19.3 Å². The van der Waals surface area contributed by atoms with Crippen LogP contribution in [0.1, 0.15) is 108 Å². The topological polar surface area (TPSA) is 504 Å². The number of benzene rings is 2. The molecule has 1 unspecified atom stereocenters. The zero-order chi connectivity index (χ0) is 111. The fourth-order valence-corrected chi connectivity index (χ4v) is 8.87. The van der Waals surface area contributed by atoms with Gasteiger partial charge in [0.05, 0.1) is 55.8 Å². The maximum atomic E-state index is 14.1. The molecule has 4 aliphatic rings. The quantitative estimate of drug-likeness (QED) is 0.00766. The van der Waals surface area contributed by atoms with Gasteiger partial charge in [-0.25, -0.2) is 14.6 Å². The van der Waals surface area contributed by atoms with Crippen molar-refractivity contribution < 1.29 is 204 Å². The number of fused-ring (bicyclic) bond motifs is 3. The molecule has 43 heteroatoms. The van der Waals surface area contributed by atoms with E-state index in [9.17, 15) is 59.1 Å². The second-order valence-electron chi connectivity index (χ2n) is 18.3. The SMILES string of the molecule is C=C.C=C.C=C.C=C.C=C.C=C.C=C.C=C.C=C.C=C.C=C.C=C.C=C.C=C.C=C.C=C.C=C.C=C.C=C.C=C.C=C.C=C.C=C.C=C.COOOOOOOOOOOOOOOOOOOOOOOOOCC(C)(COC(=O)N[C@@H]1C[C@@H](O[C@@H]2C[C@@](O)(C(=O)CO)Cc3c(O)c4c(c(O)c32)C(=O)c2c(OC)cccc2C4=O)O[C@H](C)[C@@H]1O)CC(=O)CCCCCN1C(=O)C=CC1=O. The van der Waals surface area contributed by atoms with Crippen LogP contribution in [-0.4, -0.2) is 142 Å². The van der Waals surface area contributed by atoms with Gasteiger partial charge in [0.15, 0.2) is 17.9 Å². The summed E-state index contributed by atoms with van der Waals surface area (Å²) in [7, 11) is 2.31. The molecule has 2 aromatic rings. The summed E-state index contributed by atoms with van der Waals surface area (Å²) in [5.41, 5.74) is -6.23. The molecule has 2 heterocycles. The Hall–Kier alpha value is -12.8. The summed E-state index contributed by atoms with van der Waals surface area (Å²) >= 11 is 0. The van der Waals surface area contributed by atoms with Gasteiger partial charge < -0.3 is 49.8 Å². The summed E-state index contributed by atoms with van der Waals surface area (Å²) in [6, 6.07) is 2.88. The number of Topliss-reactive ketones (excluding diaryl/α,β-unsaturated/α-hetero) is 2. The fraction of sp³-hybridized carbons (Fsp3) is 0.250. The lowest BCUT2D eigenvalue weighted by Crippen LogP contribution is -2.56. The highest BCUT2D eigenvalue weighted by atomic mass is 18.0. The van der Waals surface area contributed by atoms with Gasteiger partial charge in [-0.2, -0.15) is 0 Å². The van der Waals surface area contributed by atoms with Crippen LogP contribution in [0.2, 0.25) is 0 Å². The van der Waals surface area contributed by atoms with Crippen LogP contribution in [0.4, 0.5) is 4.79 Å². The number of aliphatic hydroxyl groups excluding tert-OH is 2. The number of rotatable bonds is 42. The number of methoxy groups -OCH3 is 1. The zero-order valence-electron chi connectivity index (χ0n) is 79.1. The average molecular weight is 1940 g/mol. The van der Waals surface area contributed by atoms with Crippen LogP contribution in [0, 0.1) is 5.41 Å². The summed E-state index contributed by atoms with van der Waals surface area (Å²) in [6.45, 7) is 145. The van der Waals surface area contributed by atoms with Gasteiger partial charge in [-0.3, -0.25) is 33.7 Å². The largest absolute Gasteiger partial charge is 0.507 e. The zero-order valence-corrected chi connectivity index (χ0v) is 79.1. The Labute approximate surface area is 796 Å². The predicted molar refractivity (Wildman–Crippen MR) is 512 cm³/mol. The van der Waals surface area contributed by atoms with Crippen LogP contribution in [0.15, 0.2) is 346 Å². The molecule has 2 aliphatic carbocycles. The highest BCUT2D eigenvalue weighted by Gasteiger charge is 2.51. The molecule has 2 aromatic carbocycles. The van der Waals surface area contributed by atoms with Gasteiger partial charge in [0.2, 0.25) is 5.78 Å². The molecular formula is C92H148N2O41. The molecule has 43 nitrogen and oxygen atoms in total. The second kappa shape index (κ2) is 139. The summed E-state index contributed by atoms with van der Waals surface area (Å²) in [5.74, 6) is -5.94. The Balaban J connectivity index is -0.000000143. The number of nitrogens with zero attached hydrogens (tertiary/aromatic N) is 1. The number of hydrogen-bond donors (Lipinski definition) is 6. The van der Waals surface area contributed by atoms with Crippen molar-refractivity contribution in [3.63, 3.8) is 0 Å². The molecule has 7 atom stereocenters.